The summed E-state index contributed by atoms with van der Waals surface area (Å²) in [5, 5.41) is 11.9. The molecule has 2 rings (SSSR count). The van der Waals surface area contributed by atoms with Crippen molar-refractivity contribution in [3.63, 3.8) is 0 Å². The normalized spacial score (nSPS) is 14.1. The smallest absolute Gasteiger partial charge is 0.277 e. The van der Waals surface area contributed by atoms with Gasteiger partial charge in [0.2, 0.25) is 5.91 Å². The third kappa shape index (κ3) is 4.96. The second kappa shape index (κ2) is 10.0. The first-order valence-electron chi connectivity index (χ1n) is 9.28. The summed E-state index contributed by atoms with van der Waals surface area (Å²) < 4.78 is 5.29. The van der Waals surface area contributed by atoms with Crippen LogP contribution >= 0.6 is 0 Å². The highest BCUT2D eigenvalue weighted by Gasteiger charge is 2.40. The molecule has 1 aliphatic rings. The monoisotopic (exact) mass is 389 g/mol. The van der Waals surface area contributed by atoms with E-state index in [1.54, 1.807) is 36.2 Å². The fourth-order valence-corrected chi connectivity index (χ4v) is 3.04. The maximum absolute atomic E-state index is 13.0. The number of benzene rings is 1. The summed E-state index contributed by atoms with van der Waals surface area (Å²) in [6.07, 6.45) is 0.553. The molecule has 0 spiro atoms. The first-order chi connectivity index (χ1) is 13.4. The van der Waals surface area contributed by atoms with Crippen LogP contribution in [0.15, 0.2) is 30.0 Å². The lowest BCUT2D eigenvalue weighted by Gasteiger charge is -2.20. The van der Waals surface area contributed by atoms with Crippen molar-refractivity contribution in [2.45, 2.75) is 20.3 Å². The van der Waals surface area contributed by atoms with Crippen molar-refractivity contribution < 1.29 is 24.2 Å². The fourth-order valence-electron chi connectivity index (χ4n) is 3.04. The quantitative estimate of drug-likeness (QED) is 0.459. The Labute approximate surface area is 164 Å². The maximum Gasteiger partial charge on any atom is 0.277 e. The van der Waals surface area contributed by atoms with Crippen molar-refractivity contribution >= 4 is 29.0 Å². The van der Waals surface area contributed by atoms with Gasteiger partial charge in [0.05, 0.1) is 12.2 Å². The van der Waals surface area contributed by atoms with Gasteiger partial charge in [-0.2, -0.15) is 0 Å². The number of likely N-dealkylation sites (N-methyl/N-ethyl adjacent to an activating group) is 1. The molecule has 8 heteroatoms. The van der Waals surface area contributed by atoms with E-state index >= 15 is 0 Å². The Morgan fingerprint density at radius 2 is 1.89 bits per heavy atom. The highest BCUT2D eigenvalue weighted by atomic mass is 16.5. The molecule has 28 heavy (non-hydrogen) atoms. The van der Waals surface area contributed by atoms with Gasteiger partial charge in [-0.25, -0.2) is 0 Å². The summed E-state index contributed by atoms with van der Waals surface area (Å²) >= 11 is 0. The molecule has 0 fully saturated rings. The van der Waals surface area contributed by atoms with Crippen LogP contribution in [0, 0.1) is 0 Å². The molecule has 0 unspecified atom stereocenters. The molecule has 8 nitrogen and oxygen atoms in total. The topological polar surface area (TPSA) is 99.2 Å². The lowest BCUT2D eigenvalue weighted by Crippen LogP contribution is -2.36. The van der Waals surface area contributed by atoms with Crippen LogP contribution in [0.5, 0.6) is 0 Å². The Balaban J connectivity index is 2.33. The van der Waals surface area contributed by atoms with Gasteiger partial charge in [-0.15, -0.1) is 0 Å². The molecular weight excluding hydrogens is 362 g/mol. The number of amides is 3. The lowest BCUT2D eigenvalue weighted by atomic mass is 10.0. The number of anilines is 1. The molecule has 0 aliphatic carbocycles. The standard InChI is InChI=1S/C20H27N3O5/c1-4-28-13-5-10-23-19(26)17(18(20(23)27)22(3)11-12-24)15-6-8-16(9-7-15)21-14(2)25/h6-9,24H,4-5,10-13H2,1-3H3,(H,21,25). The highest BCUT2D eigenvalue weighted by Crippen LogP contribution is 2.31. The summed E-state index contributed by atoms with van der Waals surface area (Å²) in [4.78, 5) is 39.9. The predicted octanol–water partition coefficient (Wildman–Crippen LogP) is 1.08. The van der Waals surface area contributed by atoms with Crippen LogP contribution < -0.4 is 5.32 Å². The van der Waals surface area contributed by atoms with E-state index in [9.17, 15) is 19.5 Å². The van der Waals surface area contributed by atoms with Crippen molar-refractivity contribution in [1.82, 2.24) is 9.80 Å². The molecule has 3 amide bonds. The summed E-state index contributed by atoms with van der Waals surface area (Å²) in [5.41, 5.74) is 1.75. The van der Waals surface area contributed by atoms with Crippen molar-refractivity contribution in [2.75, 3.05) is 45.3 Å². The molecule has 0 aromatic heterocycles. The summed E-state index contributed by atoms with van der Waals surface area (Å²) in [7, 11) is 1.67. The first-order valence-corrected chi connectivity index (χ1v) is 9.28. The van der Waals surface area contributed by atoms with Crippen LogP contribution in [0.3, 0.4) is 0 Å². The fraction of sp³-hybridized carbons (Fsp3) is 0.450. The van der Waals surface area contributed by atoms with Gasteiger partial charge in [0, 0.05) is 46.0 Å². The van der Waals surface area contributed by atoms with Crippen LogP contribution in [0.1, 0.15) is 25.8 Å². The molecule has 1 aromatic rings. The highest BCUT2D eigenvalue weighted by molar-refractivity contribution is 6.35. The van der Waals surface area contributed by atoms with Crippen molar-refractivity contribution in [2.24, 2.45) is 0 Å². The van der Waals surface area contributed by atoms with E-state index < -0.39 is 0 Å². The number of nitrogens with zero attached hydrogens (tertiary/aromatic N) is 2. The van der Waals surface area contributed by atoms with Gasteiger partial charge in [-0.1, -0.05) is 12.1 Å². The van der Waals surface area contributed by atoms with Gasteiger partial charge < -0.3 is 20.1 Å². The second-order valence-electron chi connectivity index (χ2n) is 6.44. The average Bonchev–Trinajstić information content (AvgIpc) is 2.90. The minimum Gasteiger partial charge on any atom is -0.395 e. The number of ether oxygens (including phenoxy) is 1. The van der Waals surface area contributed by atoms with Gasteiger partial charge in [-0.3, -0.25) is 19.3 Å². The first kappa shape index (κ1) is 21.6. The van der Waals surface area contributed by atoms with E-state index in [2.05, 4.69) is 5.32 Å². The molecule has 152 valence electrons. The zero-order valence-electron chi connectivity index (χ0n) is 16.5. The van der Waals surface area contributed by atoms with Gasteiger partial charge in [0.1, 0.15) is 5.70 Å². The maximum atomic E-state index is 13.0. The third-order valence-corrected chi connectivity index (χ3v) is 4.33. The Hall–Kier alpha value is -2.71. The van der Waals surface area contributed by atoms with Crippen LogP contribution in [-0.4, -0.2) is 72.6 Å². The summed E-state index contributed by atoms with van der Waals surface area (Å²) in [6.45, 7) is 4.71. The van der Waals surface area contributed by atoms with Gasteiger partial charge in [-0.05, 0) is 31.0 Å². The minimum atomic E-state index is -0.376. The third-order valence-electron chi connectivity index (χ3n) is 4.33. The Morgan fingerprint density at radius 3 is 2.46 bits per heavy atom. The van der Waals surface area contributed by atoms with Crippen molar-refractivity contribution in [1.29, 1.82) is 0 Å². The van der Waals surface area contributed by atoms with Gasteiger partial charge in [0.25, 0.3) is 11.8 Å². The van der Waals surface area contributed by atoms with E-state index in [-0.39, 0.29) is 43.1 Å². The number of rotatable bonds is 10. The molecule has 1 aliphatic heterocycles. The van der Waals surface area contributed by atoms with E-state index in [1.165, 1.54) is 11.8 Å². The number of aliphatic hydroxyl groups excluding tert-OH is 1. The average molecular weight is 389 g/mol. The molecule has 0 saturated carbocycles. The number of nitrogens with one attached hydrogen (secondary N) is 1. The molecular formula is C20H27N3O5. The second-order valence-corrected chi connectivity index (χ2v) is 6.44. The van der Waals surface area contributed by atoms with Gasteiger partial charge in [0.15, 0.2) is 0 Å². The molecule has 1 heterocycles. The van der Waals surface area contributed by atoms with Crippen LogP contribution in [0.4, 0.5) is 5.69 Å². The number of carbonyl (C=O) groups is 3. The number of carbonyl (C=O) groups excluding carboxylic acids is 3. The van der Waals surface area contributed by atoms with E-state index in [0.29, 0.717) is 36.5 Å². The molecule has 0 saturated heterocycles. The molecule has 0 radical (unpaired) electrons. The Bertz CT molecular complexity index is 758. The van der Waals surface area contributed by atoms with Crippen LogP contribution in [0.25, 0.3) is 5.57 Å². The van der Waals surface area contributed by atoms with E-state index in [0.717, 1.165) is 0 Å². The van der Waals surface area contributed by atoms with E-state index in [4.69, 9.17) is 4.74 Å². The van der Waals surface area contributed by atoms with Gasteiger partial charge >= 0.3 is 0 Å². The lowest BCUT2D eigenvalue weighted by molar-refractivity contribution is -0.137. The van der Waals surface area contributed by atoms with E-state index in [1.807, 2.05) is 6.92 Å². The van der Waals surface area contributed by atoms with Crippen molar-refractivity contribution in [3.8, 4) is 0 Å². The zero-order valence-corrected chi connectivity index (χ0v) is 16.5. The Morgan fingerprint density at radius 1 is 1.21 bits per heavy atom. The zero-order chi connectivity index (χ0) is 20.7. The number of imide groups is 1. The molecule has 0 atom stereocenters. The molecule has 0 bridgehead atoms. The number of hydrogen-bond acceptors (Lipinski definition) is 6. The SMILES string of the molecule is CCOCCCN1C(=O)C(c2ccc(NC(C)=O)cc2)=C(N(C)CCO)C1=O. The largest absolute Gasteiger partial charge is 0.395 e. The summed E-state index contributed by atoms with van der Waals surface area (Å²) in [6, 6.07) is 6.76. The minimum absolute atomic E-state index is 0.138. The van der Waals surface area contributed by atoms with Crippen molar-refractivity contribution in [3.05, 3.63) is 35.5 Å². The Kier molecular flexibility index (Phi) is 7.71. The van der Waals surface area contributed by atoms with Crippen LogP contribution in [0.2, 0.25) is 0 Å². The summed E-state index contributed by atoms with van der Waals surface area (Å²) in [5.74, 6) is -0.935. The number of hydrogen-bond donors (Lipinski definition) is 2. The predicted molar refractivity (Wildman–Crippen MR) is 105 cm³/mol. The molecule has 2 N–H and O–H groups in total. The number of aliphatic hydroxyl groups is 1. The van der Waals surface area contributed by atoms with Crippen LogP contribution in [-0.2, 0) is 19.1 Å². The molecule has 1 aromatic carbocycles.